The Morgan fingerprint density at radius 1 is 0.806 bits per heavy atom. The maximum Gasteiger partial charge on any atom is 0.261 e. The van der Waals surface area contributed by atoms with E-state index < -0.39 is 0 Å². The molecule has 5 rings (SSSR count). The lowest BCUT2D eigenvalue weighted by molar-refractivity contribution is 0.0635. The lowest BCUT2D eigenvalue weighted by atomic mass is 10.1. The van der Waals surface area contributed by atoms with E-state index in [4.69, 9.17) is 4.74 Å². The average Bonchev–Trinajstić information content (AvgIpc) is 3.17. The highest BCUT2D eigenvalue weighted by Crippen LogP contribution is 2.24. The van der Waals surface area contributed by atoms with Gasteiger partial charge in [-0.05, 0) is 53.9 Å². The molecule has 0 bridgehead atoms. The largest absolute Gasteiger partial charge is 0.497 e. The molecule has 0 saturated carbocycles. The summed E-state index contributed by atoms with van der Waals surface area (Å²) in [5, 5.41) is 0. The Hall–Kier alpha value is -3.97. The minimum Gasteiger partial charge on any atom is -0.497 e. The fourth-order valence-corrected chi connectivity index (χ4v) is 4.80. The van der Waals surface area contributed by atoms with Gasteiger partial charge in [0.15, 0.2) is 0 Å². The van der Waals surface area contributed by atoms with Crippen molar-refractivity contribution in [2.24, 2.45) is 0 Å². The van der Waals surface area contributed by atoms with Gasteiger partial charge in [-0.25, -0.2) is 0 Å². The van der Waals surface area contributed by atoms with Crippen LogP contribution in [0.25, 0.3) is 0 Å². The number of carbonyl (C=O) groups excluding carboxylic acids is 3. The molecule has 2 aliphatic rings. The molecule has 2 heterocycles. The Labute approximate surface area is 210 Å². The monoisotopic (exact) mass is 483 g/mol. The van der Waals surface area contributed by atoms with Crippen LogP contribution in [0.5, 0.6) is 5.75 Å². The van der Waals surface area contributed by atoms with Crippen LogP contribution in [0.2, 0.25) is 0 Å². The molecule has 1 saturated heterocycles. The number of fused-ring (bicyclic) bond motifs is 1. The standard InChI is InChI=1S/C29H29N3O4/c1-36-24-11-9-21(10-12-24)13-14-30-15-17-31(18-16-30)27(33)23-6-4-5-22(19-23)20-32-28(34)25-7-2-3-8-26(25)29(32)35/h2-12,19H,13-18,20H2,1H3. The second-order valence-electron chi connectivity index (χ2n) is 9.17. The van der Waals surface area contributed by atoms with Crippen molar-refractivity contribution in [1.29, 1.82) is 0 Å². The minimum atomic E-state index is -0.293. The van der Waals surface area contributed by atoms with E-state index in [1.165, 1.54) is 10.5 Å². The van der Waals surface area contributed by atoms with E-state index in [2.05, 4.69) is 17.0 Å². The number of nitrogens with zero attached hydrogens (tertiary/aromatic N) is 3. The van der Waals surface area contributed by atoms with Gasteiger partial charge in [-0.1, -0.05) is 36.4 Å². The molecule has 184 valence electrons. The molecular formula is C29H29N3O4. The van der Waals surface area contributed by atoms with Crippen molar-refractivity contribution >= 4 is 17.7 Å². The molecule has 0 N–H and O–H groups in total. The van der Waals surface area contributed by atoms with E-state index in [0.717, 1.165) is 37.4 Å². The van der Waals surface area contributed by atoms with E-state index in [9.17, 15) is 14.4 Å². The lowest BCUT2D eigenvalue weighted by Gasteiger charge is -2.35. The highest BCUT2D eigenvalue weighted by Gasteiger charge is 2.35. The zero-order chi connectivity index (χ0) is 25.1. The molecule has 0 aliphatic carbocycles. The minimum absolute atomic E-state index is 0.0194. The Bertz CT molecular complexity index is 1240. The smallest absolute Gasteiger partial charge is 0.261 e. The van der Waals surface area contributed by atoms with Gasteiger partial charge < -0.3 is 9.64 Å². The third-order valence-electron chi connectivity index (χ3n) is 6.93. The topological polar surface area (TPSA) is 70.2 Å². The van der Waals surface area contributed by atoms with Crippen LogP contribution in [0.4, 0.5) is 0 Å². The van der Waals surface area contributed by atoms with E-state index >= 15 is 0 Å². The first-order valence-corrected chi connectivity index (χ1v) is 12.2. The first-order valence-electron chi connectivity index (χ1n) is 12.2. The normalized spacial score (nSPS) is 15.8. The van der Waals surface area contributed by atoms with E-state index in [1.807, 2.05) is 29.2 Å². The van der Waals surface area contributed by atoms with Gasteiger partial charge in [0.2, 0.25) is 0 Å². The molecule has 0 spiro atoms. The molecular weight excluding hydrogens is 454 g/mol. The summed E-state index contributed by atoms with van der Waals surface area (Å²) in [4.78, 5) is 44.1. The number of methoxy groups -OCH3 is 1. The first kappa shape index (κ1) is 23.8. The van der Waals surface area contributed by atoms with E-state index in [1.54, 1.807) is 43.5 Å². The number of piperazine rings is 1. The molecule has 7 heteroatoms. The van der Waals surface area contributed by atoms with Gasteiger partial charge in [-0.2, -0.15) is 0 Å². The molecule has 3 aromatic carbocycles. The summed E-state index contributed by atoms with van der Waals surface area (Å²) in [6.07, 6.45) is 0.956. The second kappa shape index (κ2) is 10.3. The third kappa shape index (κ3) is 4.88. The van der Waals surface area contributed by atoms with Gasteiger partial charge in [0.05, 0.1) is 24.8 Å². The van der Waals surface area contributed by atoms with Crippen LogP contribution in [-0.2, 0) is 13.0 Å². The van der Waals surface area contributed by atoms with Crippen LogP contribution in [0.3, 0.4) is 0 Å². The summed E-state index contributed by atoms with van der Waals surface area (Å²) in [5.74, 6) is 0.254. The number of carbonyl (C=O) groups is 3. The molecule has 1 fully saturated rings. The Kier molecular flexibility index (Phi) is 6.82. The summed E-state index contributed by atoms with van der Waals surface area (Å²) in [6.45, 7) is 4.10. The van der Waals surface area contributed by atoms with Gasteiger partial charge >= 0.3 is 0 Å². The quantitative estimate of drug-likeness (QED) is 0.481. The summed E-state index contributed by atoms with van der Waals surface area (Å²) in [5.41, 5.74) is 3.47. The first-order chi connectivity index (χ1) is 17.5. The maximum absolute atomic E-state index is 13.2. The number of hydrogen-bond donors (Lipinski definition) is 0. The summed E-state index contributed by atoms with van der Waals surface area (Å²) in [7, 11) is 1.67. The second-order valence-corrected chi connectivity index (χ2v) is 9.17. The molecule has 0 radical (unpaired) electrons. The van der Waals surface area contributed by atoms with Crippen molar-refractivity contribution in [3.05, 3.63) is 101 Å². The van der Waals surface area contributed by atoms with Gasteiger partial charge in [0, 0.05) is 38.3 Å². The van der Waals surface area contributed by atoms with Crippen molar-refractivity contribution in [3.63, 3.8) is 0 Å². The molecule has 0 atom stereocenters. The number of hydrogen-bond acceptors (Lipinski definition) is 5. The summed E-state index contributed by atoms with van der Waals surface area (Å²) in [6, 6.07) is 22.2. The molecule has 0 unspecified atom stereocenters. The Balaban J connectivity index is 1.16. The predicted molar refractivity (Wildman–Crippen MR) is 136 cm³/mol. The summed E-state index contributed by atoms with van der Waals surface area (Å²) >= 11 is 0. The highest BCUT2D eigenvalue weighted by molar-refractivity contribution is 6.21. The van der Waals surface area contributed by atoms with Gasteiger partial charge in [-0.3, -0.25) is 24.2 Å². The van der Waals surface area contributed by atoms with Crippen molar-refractivity contribution in [3.8, 4) is 5.75 Å². The van der Waals surface area contributed by atoms with E-state index in [0.29, 0.717) is 29.8 Å². The molecule has 2 aliphatic heterocycles. The summed E-state index contributed by atoms with van der Waals surface area (Å²) < 4.78 is 5.22. The number of ether oxygens (including phenoxy) is 1. The van der Waals surface area contributed by atoms with Crippen LogP contribution in [-0.4, -0.2) is 72.3 Å². The van der Waals surface area contributed by atoms with Crippen LogP contribution >= 0.6 is 0 Å². The van der Waals surface area contributed by atoms with Crippen LogP contribution < -0.4 is 4.74 Å². The lowest BCUT2D eigenvalue weighted by Crippen LogP contribution is -2.49. The molecule has 3 aromatic rings. The number of rotatable bonds is 7. The fourth-order valence-electron chi connectivity index (χ4n) is 4.80. The van der Waals surface area contributed by atoms with Crippen molar-refractivity contribution < 1.29 is 19.1 Å². The number of imide groups is 1. The molecule has 7 nitrogen and oxygen atoms in total. The van der Waals surface area contributed by atoms with Crippen LogP contribution in [0.15, 0.2) is 72.8 Å². The molecule has 36 heavy (non-hydrogen) atoms. The Morgan fingerprint density at radius 3 is 2.11 bits per heavy atom. The Morgan fingerprint density at radius 2 is 1.47 bits per heavy atom. The fraction of sp³-hybridized carbons (Fsp3) is 0.276. The van der Waals surface area contributed by atoms with Gasteiger partial charge in [-0.15, -0.1) is 0 Å². The predicted octanol–water partition coefficient (Wildman–Crippen LogP) is 3.49. The average molecular weight is 484 g/mol. The van der Waals surface area contributed by atoms with Crippen LogP contribution in [0, 0.1) is 0 Å². The van der Waals surface area contributed by atoms with Crippen LogP contribution in [0.1, 0.15) is 42.2 Å². The van der Waals surface area contributed by atoms with E-state index in [-0.39, 0.29) is 24.3 Å². The molecule has 3 amide bonds. The van der Waals surface area contributed by atoms with Gasteiger partial charge in [0.25, 0.3) is 17.7 Å². The zero-order valence-electron chi connectivity index (χ0n) is 20.4. The number of amides is 3. The van der Waals surface area contributed by atoms with Crippen molar-refractivity contribution in [2.75, 3.05) is 39.8 Å². The number of benzene rings is 3. The zero-order valence-corrected chi connectivity index (χ0v) is 20.4. The maximum atomic E-state index is 13.2. The van der Waals surface area contributed by atoms with Crippen molar-refractivity contribution in [2.45, 2.75) is 13.0 Å². The van der Waals surface area contributed by atoms with Gasteiger partial charge in [0.1, 0.15) is 5.75 Å². The van der Waals surface area contributed by atoms with Crippen molar-refractivity contribution in [1.82, 2.24) is 14.7 Å². The highest BCUT2D eigenvalue weighted by atomic mass is 16.5. The molecule has 0 aromatic heterocycles. The third-order valence-corrected chi connectivity index (χ3v) is 6.93. The SMILES string of the molecule is COc1ccc(CCN2CCN(C(=O)c3cccc(CN4C(=O)c5ccccc5C4=O)c3)CC2)cc1.